The lowest BCUT2D eigenvalue weighted by Gasteiger charge is -2.09. The molecule has 1 aliphatic rings. The minimum absolute atomic E-state index is 0.0314. The monoisotopic (exact) mass is 300 g/mol. The van der Waals surface area contributed by atoms with E-state index in [1.807, 2.05) is 0 Å². The molecule has 0 spiro atoms. The van der Waals surface area contributed by atoms with Gasteiger partial charge in [0, 0.05) is 23.8 Å². The van der Waals surface area contributed by atoms with E-state index in [2.05, 4.69) is 0 Å². The first-order valence-corrected chi connectivity index (χ1v) is 6.08. The van der Waals surface area contributed by atoms with Crippen molar-refractivity contribution in [3.63, 3.8) is 0 Å². The molecular weight excluding hydrogens is 292 g/mol. The number of phenols is 2. The predicted octanol–water partition coefficient (Wildman–Crippen LogP) is 1.00. The van der Waals surface area contributed by atoms with Crippen LogP contribution in [0.1, 0.15) is 5.76 Å². The first kappa shape index (κ1) is 13.6. The molecule has 0 bridgehead atoms. The SMILES string of the molecule is O=C1C=CC(c2oc3cc(O)cc(O)c3c(=O)c2O)=CC1=O. The van der Waals surface area contributed by atoms with Crippen LogP contribution in [0, 0.1) is 0 Å². The number of hydrogen-bond acceptors (Lipinski definition) is 7. The minimum Gasteiger partial charge on any atom is -0.508 e. The summed E-state index contributed by atoms with van der Waals surface area (Å²) in [5.74, 6) is -3.60. The Morgan fingerprint density at radius 1 is 0.909 bits per heavy atom. The highest BCUT2D eigenvalue weighted by Crippen LogP contribution is 2.33. The van der Waals surface area contributed by atoms with E-state index in [1.165, 1.54) is 6.08 Å². The Hall–Kier alpha value is -3.35. The number of benzene rings is 1. The average Bonchev–Trinajstić information content (AvgIpc) is 2.45. The summed E-state index contributed by atoms with van der Waals surface area (Å²) in [5.41, 5.74) is -1.06. The number of carbonyl (C=O) groups is 2. The van der Waals surface area contributed by atoms with E-state index in [1.54, 1.807) is 0 Å². The lowest BCUT2D eigenvalue weighted by molar-refractivity contribution is -0.131. The van der Waals surface area contributed by atoms with E-state index in [9.17, 15) is 29.7 Å². The summed E-state index contributed by atoms with van der Waals surface area (Å²) in [6.07, 6.45) is 3.13. The van der Waals surface area contributed by atoms with Gasteiger partial charge in [-0.05, 0) is 12.2 Å². The van der Waals surface area contributed by atoms with Crippen molar-refractivity contribution >= 4 is 28.1 Å². The maximum Gasteiger partial charge on any atom is 0.238 e. The van der Waals surface area contributed by atoms with Gasteiger partial charge >= 0.3 is 0 Å². The number of allylic oxidation sites excluding steroid dienone is 4. The van der Waals surface area contributed by atoms with Gasteiger partial charge in [-0.3, -0.25) is 14.4 Å². The fourth-order valence-electron chi connectivity index (χ4n) is 2.12. The van der Waals surface area contributed by atoms with Crippen LogP contribution in [0.3, 0.4) is 0 Å². The van der Waals surface area contributed by atoms with Gasteiger partial charge in [-0.15, -0.1) is 0 Å². The van der Waals surface area contributed by atoms with Crippen LogP contribution in [0.2, 0.25) is 0 Å². The van der Waals surface area contributed by atoms with E-state index in [4.69, 9.17) is 4.42 Å². The van der Waals surface area contributed by atoms with E-state index in [-0.39, 0.29) is 28.1 Å². The molecule has 0 radical (unpaired) electrons. The molecule has 2 aromatic rings. The Labute approximate surface area is 122 Å². The molecule has 0 saturated heterocycles. The first-order chi connectivity index (χ1) is 10.4. The van der Waals surface area contributed by atoms with Gasteiger partial charge in [0.25, 0.3) is 0 Å². The molecule has 7 heteroatoms. The second kappa shape index (κ2) is 4.59. The first-order valence-electron chi connectivity index (χ1n) is 6.08. The summed E-state index contributed by atoms with van der Waals surface area (Å²) in [4.78, 5) is 34.6. The van der Waals surface area contributed by atoms with Crippen LogP contribution in [-0.4, -0.2) is 26.9 Å². The van der Waals surface area contributed by atoms with Crippen LogP contribution < -0.4 is 5.43 Å². The van der Waals surface area contributed by atoms with E-state index >= 15 is 0 Å². The van der Waals surface area contributed by atoms with Crippen molar-refractivity contribution in [2.24, 2.45) is 0 Å². The molecule has 0 aliphatic heterocycles. The topological polar surface area (TPSA) is 125 Å². The summed E-state index contributed by atoms with van der Waals surface area (Å²) in [7, 11) is 0. The Kier molecular flexibility index (Phi) is 2.84. The molecule has 0 amide bonds. The largest absolute Gasteiger partial charge is 0.508 e. The van der Waals surface area contributed by atoms with Crippen LogP contribution in [0.25, 0.3) is 16.5 Å². The van der Waals surface area contributed by atoms with Gasteiger partial charge in [0.05, 0.1) is 0 Å². The molecule has 1 aromatic heterocycles. The third kappa shape index (κ3) is 1.96. The number of ketones is 2. The van der Waals surface area contributed by atoms with Gasteiger partial charge in [-0.2, -0.15) is 0 Å². The summed E-state index contributed by atoms with van der Waals surface area (Å²) in [6, 6.07) is 2.01. The maximum atomic E-state index is 12.1. The zero-order valence-corrected chi connectivity index (χ0v) is 10.9. The fraction of sp³-hybridized carbons (Fsp3) is 0. The average molecular weight is 300 g/mol. The normalized spacial score (nSPS) is 14.5. The highest BCUT2D eigenvalue weighted by atomic mass is 16.4. The highest BCUT2D eigenvalue weighted by Gasteiger charge is 2.22. The zero-order valence-electron chi connectivity index (χ0n) is 10.9. The smallest absolute Gasteiger partial charge is 0.238 e. The molecule has 3 rings (SSSR count). The van der Waals surface area contributed by atoms with Crippen LogP contribution in [0.5, 0.6) is 17.2 Å². The Bertz CT molecular complexity index is 960. The van der Waals surface area contributed by atoms with Crippen molar-refractivity contribution in [1.29, 1.82) is 0 Å². The Balaban J connectivity index is 2.33. The van der Waals surface area contributed by atoms with Crippen molar-refractivity contribution in [3.8, 4) is 17.2 Å². The van der Waals surface area contributed by atoms with Crippen molar-refractivity contribution in [2.45, 2.75) is 0 Å². The molecule has 0 atom stereocenters. The number of fused-ring (bicyclic) bond motifs is 1. The number of phenolic OH excluding ortho intramolecular Hbond substituents is 2. The van der Waals surface area contributed by atoms with Crippen molar-refractivity contribution in [2.75, 3.05) is 0 Å². The standard InChI is InChI=1S/C15H8O7/c16-7-4-10(19)12-11(5-7)22-15(14(21)13(12)20)6-1-2-8(17)9(18)3-6/h1-5,16,19,21H. The quantitative estimate of drug-likeness (QED) is 0.530. The second-order valence-corrected chi connectivity index (χ2v) is 4.61. The fourth-order valence-corrected chi connectivity index (χ4v) is 2.12. The van der Waals surface area contributed by atoms with E-state index < -0.39 is 28.5 Å². The van der Waals surface area contributed by atoms with Crippen molar-refractivity contribution < 1.29 is 29.3 Å². The molecule has 110 valence electrons. The number of rotatable bonds is 1. The predicted molar refractivity (Wildman–Crippen MR) is 74.6 cm³/mol. The third-order valence-electron chi connectivity index (χ3n) is 3.14. The molecule has 1 aliphatic carbocycles. The molecule has 1 aromatic carbocycles. The molecule has 1 heterocycles. The molecular formula is C15H8O7. The summed E-state index contributed by atoms with van der Waals surface area (Å²) in [5, 5.41) is 28.8. The number of carbonyl (C=O) groups excluding carboxylic acids is 2. The third-order valence-corrected chi connectivity index (χ3v) is 3.14. The zero-order chi connectivity index (χ0) is 16.0. The van der Waals surface area contributed by atoms with Gasteiger partial charge in [0.15, 0.2) is 5.76 Å². The molecule has 22 heavy (non-hydrogen) atoms. The van der Waals surface area contributed by atoms with Crippen LogP contribution in [-0.2, 0) is 9.59 Å². The van der Waals surface area contributed by atoms with Gasteiger partial charge < -0.3 is 19.7 Å². The lowest BCUT2D eigenvalue weighted by Crippen LogP contribution is -2.12. The summed E-state index contributed by atoms with van der Waals surface area (Å²) >= 11 is 0. The van der Waals surface area contributed by atoms with Crippen LogP contribution >= 0.6 is 0 Å². The molecule has 3 N–H and O–H groups in total. The minimum atomic E-state index is -0.924. The number of aromatic hydroxyl groups is 3. The van der Waals surface area contributed by atoms with E-state index in [0.717, 1.165) is 24.3 Å². The van der Waals surface area contributed by atoms with E-state index in [0.29, 0.717) is 0 Å². The van der Waals surface area contributed by atoms with Crippen LogP contribution in [0.4, 0.5) is 0 Å². The molecule has 0 fully saturated rings. The summed E-state index contributed by atoms with van der Waals surface area (Å²) < 4.78 is 5.31. The maximum absolute atomic E-state index is 12.1. The lowest BCUT2D eigenvalue weighted by atomic mass is 10.0. The van der Waals surface area contributed by atoms with Crippen molar-refractivity contribution in [3.05, 3.63) is 46.3 Å². The highest BCUT2D eigenvalue weighted by molar-refractivity contribution is 6.48. The van der Waals surface area contributed by atoms with Crippen molar-refractivity contribution in [1.82, 2.24) is 0 Å². The summed E-state index contributed by atoms with van der Waals surface area (Å²) in [6.45, 7) is 0. The molecule has 0 saturated carbocycles. The number of hydrogen-bond donors (Lipinski definition) is 3. The Morgan fingerprint density at radius 2 is 1.64 bits per heavy atom. The van der Waals surface area contributed by atoms with Gasteiger partial charge in [-0.25, -0.2) is 0 Å². The Morgan fingerprint density at radius 3 is 2.32 bits per heavy atom. The van der Waals surface area contributed by atoms with Crippen LogP contribution in [0.15, 0.2) is 39.6 Å². The van der Waals surface area contributed by atoms with Gasteiger partial charge in [-0.1, -0.05) is 0 Å². The molecule has 0 unspecified atom stereocenters. The second-order valence-electron chi connectivity index (χ2n) is 4.61. The molecule has 7 nitrogen and oxygen atoms in total. The van der Waals surface area contributed by atoms with Gasteiger partial charge in [0.2, 0.25) is 22.7 Å². The van der Waals surface area contributed by atoms with Gasteiger partial charge in [0.1, 0.15) is 22.5 Å².